The van der Waals surface area contributed by atoms with Crippen molar-refractivity contribution in [2.45, 2.75) is 6.42 Å². The smallest absolute Gasteiger partial charge is 0.112 e. The van der Waals surface area contributed by atoms with Crippen LogP contribution in [0.25, 0.3) is 0 Å². The summed E-state index contributed by atoms with van der Waals surface area (Å²) in [6, 6.07) is 9.53. The van der Waals surface area contributed by atoms with Gasteiger partial charge in [0.05, 0.1) is 12.1 Å². The van der Waals surface area contributed by atoms with Crippen LogP contribution in [0.1, 0.15) is 11.4 Å². The van der Waals surface area contributed by atoms with Crippen molar-refractivity contribution in [3.63, 3.8) is 0 Å². The molecule has 0 amide bonds. The minimum atomic E-state index is 0.494. The third kappa shape index (κ3) is 2.22. The van der Waals surface area contributed by atoms with Crippen molar-refractivity contribution < 1.29 is 5.21 Å². The van der Waals surface area contributed by atoms with Gasteiger partial charge in [0.25, 0.3) is 0 Å². The molecule has 0 fully saturated rings. The van der Waals surface area contributed by atoms with Crippen LogP contribution in [0.3, 0.4) is 0 Å². The first-order valence-corrected chi connectivity index (χ1v) is 4.65. The SMILES string of the molecule is ON=C(Cc1ncc[nH]1)c1ccccc1. The Balaban J connectivity index is 2.20. The van der Waals surface area contributed by atoms with Crippen molar-refractivity contribution in [2.75, 3.05) is 0 Å². The van der Waals surface area contributed by atoms with E-state index in [1.807, 2.05) is 30.3 Å². The Labute approximate surface area is 87.3 Å². The molecular weight excluding hydrogens is 190 g/mol. The third-order valence-corrected chi connectivity index (χ3v) is 2.12. The number of rotatable bonds is 3. The molecule has 0 saturated heterocycles. The van der Waals surface area contributed by atoms with E-state index >= 15 is 0 Å². The summed E-state index contributed by atoms with van der Waals surface area (Å²) in [5.41, 5.74) is 1.50. The largest absolute Gasteiger partial charge is 0.411 e. The van der Waals surface area contributed by atoms with Gasteiger partial charge in [-0.3, -0.25) is 0 Å². The number of imidazole rings is 1. The van der Waals surface area contributed by atoms with Gasteiger partial charge in [0, 0.05) is 12.4 Å². The maximum Gasteiger partial charge on any atom is 0.112 e. The summed E-state index contributed by atoms with van der Waals surface area (Å²) in [5.74, 6) is 0.784. The monoisotopic (exact) mass is 201 g/mol. The lowest BCUT2D eigenvalue weighted by Gasteiger charge is -2.01. The predicted octanol–water partition coefficient (Wildman–Crippen LogP) is 1.83. The van der Waals surface area contributed by atoms with Gasteiger partial charge >= 0.3 is 0 Å². The average molecular weight is 201 g/mol. The molecule has 0 bridgehead atoms. The highest BCUT2D eigenvalue weighted by Crippen LogP contribution is 2.05. The number of aromatic nitrogens is 2. The molecule has 0 spiro atoms. The molecule has 2 N–H and O–H groups in total. The lowest BCUT2D eigenvalue weighted by Crippen LogP contribution is -2.06. The highest BCUT2D eigenvalue weighted by Gasteiger charge is 2.06. The molecule has 0 aliphatic carbocycles. The number of aromatic amines is 1. The first-order valence-electron chi connectivity index (χ1n) is 4.65. The summed E-state index contributed by atoms with van der Waals surface area (Å²) >= 11 is 0. The molecule has 2 rings (SSSR count). The van der Waals surface area contributed by atoms with Crippen LogP contribution in [0.15, 0.2) is 47.9 Å². The second-order valence-corrected chi connectivity index (χ2v) is 3.13. The molecule has 4 nitrogen and oxygen atoms in total. The van der Waals surface area contributed by atoms with E-state index in [-0.39, 0.29) is 0 Å². The fraction of sp³-hybridized carbons (Fsp3) is 0.0909. The highest BCUT2D eigenvalue weighted by atomic mass is 16.4. The van der Waals surface area contributed by atoms with Gasteiger partial charge in [-0.2, -0.15) is 0 Å². The van der Waals surface area contributed by atoms with Gasteiger partial charge in [0.1, 0.15) is 5.82 Å². The normalized spacial score (nSPS) is 11.6. The Morgan fingerprint density at radius 3 is 2.73 bits per heavy atom. The summed E-state index contributed by atoms with van der Waals surface area (Å²) in [4.78, 5) is 7.05. The summed E-state index contributed by atoms with van der Waals surface area (Å²) in [6.45, 7) is 0. The molecule has 0 aliphatic rings. The van der Waals surface area contributed by atoms with Crippen molar-refractivity contribution in [3.05, 3.63) is 54.1 Å². The van der Waals surface area contributed by atoms with E-state index in [0.717, 1.165) is 11.4 Å². The Morgan fingerprint density at radius 2 is 2.13 bits per heavy atom. The van der Waals surface area contributed by atoms with Crippen LogP contribution in [0.4, 0.5) is 0 Å². The van der Waals surface area contributed by atoms with E-state index in [0.29, 0.717) is 12.1 Å². The first kappa shape index (κ1) is 9.45. The molecule has 15 heavy (non-hydrogen) atoms. The van der Waals surface area contributed by atoms with Crippen molar-refractivity contribution in [1.29, 1.82) is 0 Å². The molecule has 0 saturated carbocycles. The van der Waals surface area contributed by atoms with Gasteiger partial charge in [0.2, 0.25) is 0 Å². The van der Waals surface area contributed by atoms with Crippen LogP contribution in [0.5, 0.6) is 0 Å². The number of hydrogen-bond donors (Lipinski definition) is 2. The Kier molecular flexibility index (Phi) is 2.78. The van der Waals surface area contributed by atoms with Crippen LogP contribution in [0.2, 0.25) is 0 Å². The standard InChI is InChI=1S/C11H11N3O/c15-14-10(8-11-12-6-7-13-11)9-4-2-1-3-5-9/h1-7,15H,8H2,(H,12,13). The van der Waals surface area contributed by atoms with E-state index in [9.17, 15) is 0 Å². The molecule has 76 valence electrons. The second kappa shape index (κ2) is 4.41. The second-order valence-electron chi connectivity index (χ2n) is 3.13. The molecule has 0 atom stereocenters. The maximum atomic E-state index is 8.92. The zero-order chi connectivity index (χ0) is 10.5. The van der Waals surface area contributed by atoms with E-state index in [2.05, 4.69) is 15.1 Å². The van der Waals surface area contributed by atoms with E-state index in [4.69, 9.17) is 5.21 Å². The summed E-state index contributed by atoms with van der Waals surface area (Å²) < 4.78 is 0. The van der Waals surface area contributed by atoms with Gasteiger partial charge in [-0.25, -0.2) is 4.98 Å². The van der Waals surface area contributed by atoms with Gasteiger partial charge in [-0.05, 0) is 5.56 Å². The van der Waals surface area contributed by atoms with E-state index in [1.165, 1.54) is 0 Å². The predicted molar refractivity (Wildman–Crippen MR) is 57.1 cm³/mol. The van der Waals surface area contributed by atoms with Crippen LogP contribution in [-0.2, 0) is 6.42 Å². The van der Waals surface area contributed by atoms with Gasteiger partial charge in [-0.1, -0.05) is 35.5 Å². The fourth-order valence-electron chi connectivity index (χ4n) is 1.38. The minimum Gasteiger partial charge on any atom is -0.411 e. The number of nitrogens with one attached hydrogen (secondary N) is 1. The van der Waals surface area contributed by atoms with Crippen LogP contribution in [-0.4, -0.2) is 20.9 Å². The molecular formula is C11H11N3O. The van der Waals surface area contributed by atoms with Crippen molar-refractivity contribution in [1.82, 2.24) is 9.97 Å². The number of benzene rings is 1. The van der Waals surface area contributed by atoms with Crippen LogP contribution >= 0.6 is 0 Å². The molecule has 1 aromatic heterocycles. The topological polar surface area (TPSA) is 61.3 Å². The molecule has 0 radical (unpaired) electrons. The molecule has 0 unspecified atom stereocenters. The Morgan fingerprint density at radius 1 is 1.33 bits per heavy atom. The molecule has 1 heterocycles. The molecule has 4 heteroatoms. The Bertz CT molecular complexity index is 434. The zero-order valence-electron chi connectivity index (χ0n) is 8.09. The maximum absolute atomic E-state index is 8.92. The number of oxime groups is 1. The van der Waals surface area contributed by atoms with Gasteiger partial charge in [-0.15, -0.1) is 0 Å². The van der Waals surface area contributed by atoms with Crippen LogP contribution < -0.4 is 0 Å². The fourth-order valence-corrected chi connectivity index (χ4v) is 1.38. The number of H-pyrrole nitrogens is 1. The van der Waals surface area contributed by atoms with Crippen LogP contribution in [0, 0.1) is 0 Å². The van der Waals surface area contributed by atoms with Crippen molar-refractivity contribution >= 4 is 5.71 Å². The van der Waals surface area contributed by atoms with Gasteiger partial charge < -0.3 is 10.2 Å². The average Bonchev–Trinajstić information content (AvgIpc) is 2.80. The third-order valence-electron chi connectivity index (χ3n) is 2.12. The molecule has 1 aromatic carbocycles. The van der Waals surface area contributed by atoms with Crippen molar-refractivity contribution in [3.8, 4) is 0 Å². The first-order chi connectivity index (χ1) is 7.40. The zero-order valence-corrected chi connectivity index (χ0v) is 8.09. The molecule has 0 aliphatic heterocycles. The molecule has 2 aromatic rings. The van der Waals surface area contributed by atoms with Gasteiger partial charge in [0.15, 0.2) is 0 Å². The van der Waals surface area contributed by atoms with E-state index in [1.54, 1.807) is 12.4 Å². The van der Waals surface area contributed by atoms with E-state index < -0.39 is 0 Å². The highest BCUT2D eigenvalue weighted by molar-refractivity contribution is 6.01. The Hall–Kier alpha value is -2.10. The lowest BCUT2D eigenvalue weighted by molar-refractivity contribution is 0.318. The summed E-state index contributed by atoms with van der Waals surface area (Å²) in [7, 11) is 0. The summed E-state index contributed by atoms with van der Waals surface area (Å²) in [5, 5.41) is 12.2. The number of hydrogen-bond acceptors (Lipinski definition) is 3. The van der Waals surface area contributed by atoms with Crippen molar-refractivity contribution in [2.24, 2.45) is 5.16 Å². The lowest BCUT2D eigenvalue weighted by atomic mass is 10.1. The summed E-state index contributed by atoms with van der Waals surface area (Å²) in [6.07, 6.45) is 3.91. The quantitative estimate of drug-likeness (QED) is 0.452. The number of nitrogens with zero attached hydrogens (tertiary/aromatic N) is 2. The minimum absolute atomic E-state index is 0.494.